The van der Waals surface area contributed by atoms with Crippen LogP contribution in [0.15, 0.2) is 29.1 Å². The van der Waals surface area contributed by atoms with Gasteiger partial charge >= 0.3 is 0 Å². The lowest BCUT2D eigenvalue weighted by Gasteiger charge is -2.12. The molecule has 0 fully saturated rings. The van der Waals surface area contributed by atoms with E-state index in [1.165, 1.54) is 27.5 Å². The van der Waals surface area contributed by atoms with Crippen LogP contribution in [-0.4, -0.2) is 22.8 Å². The zero-order valence-corrected chi connectivity index (χ0v) is 19.6. The summed E-state index contributed by atoms with van der Waals surface area (Å²) in [5.41, 5.74) is 1.32. The van der Waals surface area contributed by atoms with Gasteiger partial charge in [0, 0.05) is 18.0 Å². The summed E-state index contributed by atoms with van der Waals surface area (Å²) in [6.45, 7) is 12.2. The van der Waals surface area contributed by atoms with Crippen LogP contribution >= 0.6 is 11.3 Å². The van der Waals surface area contributed by atoms with E-state index in [1.807, 2.05) is 45.9 Å². The van der Waals surface area contributed by atoms with E-state index in [9.17, 15) is 14.4 Å². The first-order valence-electron chi connectivity index (χ1n) is 10.4. The summed E-state index contributed by atoms with van der Waals surface area (Å²) in [6.07, 6.45) is 4.12. The number of hydrogen-bond acceptors (Lipinski definition) is 4. The average molecular weight is 429 g/mol. The fourth-order valence-corrected chi connectivity index (χ4v) is 3.76. The minimum atomic E-state index is -0.564. The molecule has 2 rings (SSSR count). The quantitative estimate of drug-likeness (QED) is 0.737. The molecule has 0 aliphatic heterocycles. The van der Waals surface area contributed by atoms with E-state index in [2.05, 4.69) is 31.3 Å². The van der Waals surface area contributed by atoms with Crippen LogP contribution in [0.1, 0.15) is 65.0 Å². The Labute approximate surface area is 182 Å². The Bertz CT molecular complexity index is 1070. The summed E-state index contributed by atoms with van der Waals surface area (Å²) in [5.74, 6) is 0.117. The number of aromatic nitrogens is 1. The first-order chi connectivity index (χ1) is 14.0. The second-order valence-corrected chi connectivity index (χ2v) is 9.83. The lowest BCUT2D eigenvalue weighted by atomic mass is 9.91. The predicted octanol–water partition coefficient (Wildman–Crippen LogP) is 2.78. The second kappa shape index (κ2) is 10.0. The molecular formula is C24H32N2O3S. The summed E-state index contributed by atoms with van der Waals surface area (Å²) >= 11 is 1.24. The van der Waals surface area contributed by atoms with Gasteiger partial charge in [0.25, 0.3) is 5.56 Å². The number of benzene rings is 1. The lowest BCUT2D eigenvalue weighted by Crippen LogP contribution is -2.38. The van der Waals surface area contributed by atoms with Crippen molar-refractivity contribution in [1.29, 1.82) is 0 Å². The number of carbonyl (C=O) groups is 2. The molecule has 30 heavy (non-hydrogen) atoms. The largest absolute Gasteiger partial charge is 0.355 e. The highest BCUT2D eigenvalue weighted by atomic mass is 32.1. The van der Waals surface area contributed by atoms with Crippen LogP contribution in [-0.2, 0) is 16.1 Å². The monoisotopic (exact) mass is 428 g/mol. The van der Waals surface area contributed by atoms with Gasteiger partial charge in [0.2, 0.25) is 5.91 Å². The summed E-state index contributed by atoms with van der Waals surface area (Å²) < 4.78 is 2.40. The Balaban J connectivity index is 2.55. The minimum Gasteiger partial charge on any atom is -0.355 e. The van der Waals surface area contributed by atoms with Crippen LogP contribution in [0.3, 0.4) is 0 Å². The molecule has 5 nitrogen and oxygen atoms in total. The molecule has 1 heterocycles. The van der Waals surface area contributed by atoms with Crippen molar-refractivity contribution >= 4 is 35.2 Å². The van der Waals surface area contributed by atoms with Gasteiger partial charge in [-0.3, -0.25) is 19.0 Å². The highest BCUT2D eigenvalue weighted by molar-refractivity contribution is 7.07. The van der Waals surface area contributed by atoms with Gasteiger partial charge in [-0.2, -0.15) is 0 Å². The molecule has 1 aromatic carbocycles. The number of thiazole rings is 1. The molecule has 1 N–H and O–H groups in total. The minimum absolute atomic E-state index is 0.0840. The highest BCUT2D eigenvalue weighted by Crippen LogP contribution is 2.15. The number of hydrogen-bond donors (Lipinski definition) is 1. The molecule has 0 unspecified atom stereocenters. The molecule has 162 valence electrons. The first kappa shape index (κ1) is 23.8. The Morgan fingerprint density at radius 3 is 2.33 bits per heavy atom. The Morgan fingerprint density at radius 2 is 1.80 bits per heavy atom. The molecule has 0 aliphatic carbocycles. The molecule has 0 saturated heterocycles. The van der Waals surface area contributed by atoms with E-state index in [0.29, 0.717) is 21.7 Å². The number of nitrogens with one attached hydrogen (secondary N) is 1. The van der Waals surface area contributed by atoms with Crippen molar-refractivity contribution in [3.05, 3.63) is 54.9 Å². The summed E-state index contributed by atoms with van der Waals surface area (Å²) in [5, 5.41) is 2.79. The summed E-state index contributed by atoms with van der Waals surface area (Å²) in [6, 6.07) is 8.07. The van der Waals surface area contributed by atoms with Crippen molar-refractivity contribution in [1.82, 2.24) is 9.88 Å². The van der Waals surface area contributed by atoms with Gasteiger partial charge in [-0.25, -0.2) is 0 Å². The van der Waals surface area contributed by atoms with E-state index >= 15 is 0 Å². The molecule has 2 aromatic rings. The van der Waals surface area contributed by atoms with E-state index in [-0.39, 0.29) is 23.8 Å². The van der Waals surface area contributed by atoms with Crippen molar-refractivity contribution < 1.29 is 9.59 Å². The maximum Gasteiger partial charge on any atom is 0.269 e. The van der Waals surface area contributed by atoms with Gasteiger partial charge in [0.05, 0.1) is 4.53 Å². The van der Waals surface area contributed by atoms with Crippen LogP contribution in [0.2, 0.25) is 0 Å². The average Bonchev–Trinajstić information content (AvgIpc) is 2.94. The zero-order chi connectivity index (χ0) is 22.5. The van der Waals surface area contributed by atoms with Gasteiger partial charge in [-0.1, -0.05) is 65.8 Å². The van der Waals surface area contributed by atoms with Crippen LogP contribution in [0, 0.1) is 5.41 Å². The second-order valence-electron chi connectivity index (χ2n) is 8.77. The molecule has 0 aliphatic rings. The molecule has 0 atom stereocenters. The maximum atomic E-state index is 13.0. The lowest BCUT2D eigenvalue weighted by molar-refractivity contribution is -0.122. The smallest absolute Gasteiger partial charge is 0.269 e. The first-order valence-corrected chi connectivity index (χ1v) is 11.2. The van der Waals surface area contributed by atoms with Gasteiger partial charge in [-0.15, -0.1) is 11.3 Å². The molecule has 0 bridgehead atoms. The SMILES string of the molecule is CCCNC(=O)Cn1c(=O)/c(=C/c2ccc(C(C)C)cc2)s/c1=C/C(=O)C(C)(C)C. The van der Waals surface area contributed by atoms with Gasteiger partial charge in [-0.05, 0) is 29.5 Å². The van der Waals surface area contributed by atoms with Crippen LogP contribution < -0.4 is 20.1 Å². The van der Waals surface area contributed by atoms with Gasteiger partial charge in [0.1, 0.15) is 11.2 Å². The predicted molar refractivity (Wildman–Crippen MR) is 124 cm³/mol. The van der Waals surface area contributed by atoms with Crippen molar-refractivity contribution in [2.75, 3.05) is 6.54 Å². The van der Waals surface area contributed by atoms with Crippen molar-refractivity contribution in [3.8, 4) is 0 Å². The third-order valence-corrected chi connectivity index (χ3v) is 5.76. The van der Waals surface area contributed by atoms with E-state index in [4.69, 9.17) is 0 Å². The summed E-state index contributed by atoms with van der Waals surface area (Å²) in [7, 11) is 0. The van der Waals surface area contributed by atoms with Crippen molar-refractivity contribution in [3.63, 3.8) is 0 Å². The molecule has 1 amide bonds. The molecule has 0 radical (unpaired) electrons. The highest BCUT2D eigenvalue weighted by Gasteiger charge is 2.20. The molecule has 0 spiro atoms. The van der Waals surface area contributed by atoms with Crippen molar-refractivity contribution in [2.45, 2.75) is 60.4 Å². The molecule has 0 saturated carbocycles. The topological polar surface area (TPSA) is 68.2 Å². The van der Waals surface area contributed by atoms with Crippen LogP contribution in [0.5, 0.6) is 0 Å². The fraction of sp³-hybridized carbons (Fsp3) is 0.458. The number of carbonyl (C=O) groups excluding carboxylic acids is 2. The number of rotatable bonds is 7. The Morgan fingerprint density at radius 1 is 1.17 bits per heavy atom. The normalized spacial score (nSPS) is 13.2. The fourth-order valence-electron chi connectivity index (χ4n) is 2.71. The van der Waals surface area contributed by atoms with Crippen LogP contribution in [0.25, 0.3) is 12.2 Å². The third kappa shape index (κ3) is 6.26. The van der Waals surface area contributed by atoms with Crippen LogP contribution in [0.4, 0.5) is 0 Å². The Hall–Kier alpha value is -2.47. The number of Topliss-reactive ketones (excluding diaryl/α,β-unsaturated/α-hetero) is 1. The standard InChI is InChI=1S/C24H32N2O3S/c1-7-12-25-21(28)15-26-22(14-20(27)24(4,5)6)30-19(23(26)29)13-17-8-10-18(11-9-17)16(2)3/h8-11,13-14,16H,7,12,15H2,1-6H3,(H,25,28)/b19-13-,22-14+. The van der Waals surface area contributed by atoms with E-state index < -0.39 is 5.41 Å². The van der Waals surface area contributed by atoms with Gasteiger partial charge in [0.15, 0.2) is 5.78 Å². The summed E-state index contributed by atoms with van der Waals surface area (Å²) in [4.78, 5) is 37.8. The molecule has 1 aromatic heterocycles. The number of amides is 1. The van der Waals surface area contributed by atoms with Gasteiger partial charge < -0.3 is 5.32 Å². The zero-order valence-electron chi connectivity index (χ0n) is 18.7. The number of ketones is 1. The van der Waals surface area contributed by atoms with E-state index in [1.54, 1.807) is 0 Å². The Kier molecular flexibility index (Phi) is 7.96. The maximum absolute atomic E-state index is 13.0. The van der Waals surface area contributed by atoms with Crippen molar-refractivity contribution in [2.24, 2.45) is 5.41 Å². The van der Waals surface area contributed by atoms with E-state index in [0.717, 1.165) is 12.0 Å². The third-order valence-electron chi connectivity index (χ3n) is 4.71. The molecule has 6 heteroatoms. The number of nitrogens with zero attached hydrogens (tertiary/aromatic N) is 1. The molecular weight excluding hydrogens is 396 g/mol.